The summed E-state index contributed by atoms with van der Waals surface area (Å²) in [5.41, 5.74) is 19.6. The molecule has 5 aliphatic heterocycles. The number of nitrogens with zero attached hydrogens (tertiary/aromatic N) is 9. The molecule has 1 saturated heterocycles. The molecule has 2 amide bonds. The number of nitrogens with one attached hydrogen (secondary N) is 6. The first kappa shape index (κ1) is 85.9. The summed E-state index contributed by atoms with van der Waals surface area (Å²) in [7, 11) is 0. The number of H-pyrrole nitrogens is 4. The molecule has 6 N–H and O–H groups in total. The Hall–Kier alpha value is -11.8. The van der Waals surface area contributed by atoms with Crippen LogP contribution in [-0.4, -0.2) is 136 Å². The molecule has 650 valence electrons. The lowest BCUT2D eigenvalue weighted by molar-refractivity contribution is 0.0644. The summed E-state index contributed by atoms with van der Waals surface area (Å²) in [5.74, 6) is 3.66. The van der Waals surface area contributed by atoms with Crippen LogP contribution in [0, 0.1) is 0 Å². The van der Waals surface area contributed by atoms with Crippen molar-refractivity contribution in [1.82, 2.24) is 69.0 Å². The molecule has 1 fully saturated rings. The molecule has 0 saturated carbocycles. The molecule has 127 heavy (non-hydrogen) atoms. The summed E-state index contributed by atoms with van der Waals surface area (Å²) < 4.78 is 34.8. The van der Waals surface area contributed by atoms with E-state index in [1.54, 1.807) is 76.1 Å². The Morgan fingerprint density at radius 1 is 0.386 bits per heavy atom. The Bertz CT molecular complexity index is 6400. The van der Waals surface area contributed by atoms with Crippen molar-refractivity contribution in [3.63, 3.8) is 0 Å². The minimum atomic E-state index is -0.386. The highest BCUT2D eigenvalue weighted by Gasteiger charge is 2.39. The van der Waals surface area contributed by atoms with E-state index in [0.29, 0.717) is 72.4 Å². The molecule has 0 spiro atoms. The van der Waals surface area contributed by atoms with Crippen LogP contribution in [0.25, 0.3) is 43.6 Å². The number of hydrogen-bond acceptors (Lipinski definition) is 13. The van der Waals surface area contributed by atoms with E-state index in [1.807, 2.05) is 108 Å². The zero-order valence-electron chi connectivity index (χ0n) is 69.7. The lowest BCUT2D eigenvalue weighted by Gasteiger charge is -2.35. The number of imidazole rings is 3. The molecule has 4 atom stereocenters. The number of carbonyl (C=O) groups is 2. The maximum absolute atomic E-state index is 13.4. The fourth-order valence-corrected chi connectivity index (χ4v) is 18.8. The Labute approximate surface area is 765 Å². The maximum Gasteiger partial charge on any atom is 0.416 e. The number of aromatic nitrogens is 10. The molecule has 9 aromatic carbocycles. The molecule has 7 aromatic heterocycles. The largest absolute Gasteiger partial charge is 0.494 e. The molecule has 0 radical (unpaired) electrons. The monoisotopic (exact) mass is 1820 g/mol. The minimum absolute atomic E-state index is 0.100. The molecular weight excluding hydrogens is 1720 g/mol. The van der Waals surface area contributed by atoms with Gasteiger partial charge in [0.1, 0.15) is 35.1 Å². The number of aromatic amines is 4. The van der Waals surface area contributed by atoms with Gasteiger partial charge in [-0.2, -0.15) is 0 Å². The van der Waals surface area contributed by atoms with Crippen LogP contribution in [0.2, 0.25) is 25.1 Å². The van der Waals surface area contributed by atoms with Crippen molar-refractivity contribution in [2.45, 2.75) is 102 Å². The molecule has 16 aromatic rings. The number of carbonyl (C=O) groups excluding carboxylic acids is 2. The second-order valence-electron chi connectivity index (χ2n) is 32.1. The summed E-state index contributed by atoms with van der Waals surface area (Å²) in [4.78, 5) is 59.2. The lowest BCUT2D eigenvalue weighted by atomic mass is 9.92. The van der Waals surface area contributed by atoms with Crippen LogP contribution in [0.1, 0.15) is 124 Å². The number of halogens is 6. The number of rotatable bonds is 22. The van der Waals surface area contributed by atoms with E-state index in [2.05, 4.69) is 140 Å². The highest BCUT2D eigenvalue weighted by Crippen LogP contribution is 2.44. The molecule has 5 aliphatic rings. The first-order valence-corrected chi connectivity index (χ1v) is 45.5. The van der Waals surface area contributed by atoms with Crippen LogP contribution in [0.5, 0.6) is 23.0 Å². The predicted octanol–water partition coefficient (Wildman–Crippen LogP) is 22.4. The van der Waals surface area contributed by atoms with Gasteiger partial charge in [0.25, 0.3) is 0 Å². The molecule has 4 unspecified atom stereocenters. The molecular formula is C99H95Cl6N15O7. The fourth-order valence-electron chi connectivity index (χ4n) is 17.9. The van der Waals surface area contributed by atoms with Gasteiger partial charge in [0.15, 0.2) is 6.73 Å². The van der Waals surface area contributed by atoms with Gasteiger partial charge in [0, 0.05) is 193 Å². The van der Waals surface area contributed by atoms with Crippen molar-refractivity contribution in [3.8, 4) is 23.0 Å². The van der Waals surface area contributed by atoms with Gasteiger partial charge in [-0.3, -0.25) is 9.80 Å². The van der Waals surface area contributed by atoms with Gasteiger partial charge in [-0.1, -0.05) is 107 Å². The molecule has 12 heterocycles. The maximum atomic E-state index is 13.4. The number of anilines is 1. The van der Waals surface area contributed by atoms with E-state index >= 15 is 0 Å². The number of ether oxygens (including phenoxy) is 5. The number of aryl methyl sites for hydroxylation is 2. The number of alkyl halides is 1. The number of fused-ring (bicyclic) bond motifs is 12. The molecule has 28 heteroatoms. The van der Waals surface area contributed by atoms with Gasteiger partial charge in [0.2, 0.25) is 0 Å². The molecule has 0 bridgehead atoms. The fraction of sp³-hybridized carbons (Fsp3) is 0.263. The van der Waals surface area contributed by atoms with Crippen molar-refractivity contribution >= 4 is 131 Å². The van der Waals surface area contributed by atoms with Crippen molar-refractivity contribution in [1.29, 1.82) is 0 Å². The Morgan fingerprint density at radius 3 is 1.17 bits per heavy atom. The van der Waals surface area contributed by atoms with Gasteiger partial charge in [-0.05, 0) is 248 Å². The third-order valence-corrected chi connectivity index (χ3v) is 25.5. The SMILES string of the molecule is ClCCCOc1ccc(C2NCCc3c2[nH]c2ccc(Cl)cc32)cc1.Clc1ccc2[nH]c3c(c2c1)CCNC3c1ccc(OCCCn2ccnc2)cc1.O=C(OCn1ccnc1)N1CCc2c([nH]c3ccc(Cl)cc23)C1c1ccc(OCCCn2ccnc2)cc1.O=C(Oc1ccc(Cl)cc1)N1CCc2c([nH]c3ccc(Cl)cc23)C1c1ccc(N2CCCC2)cc1. The molecule has 22 nitrogen and oxygen atoms in total. The highest BCUT2D eigenvalue weighted by molar-refractivity contribution is 6.32. The minimum Gasteiger partial charge on any atom is -0.494 e. The normalized spacial score (nSPS) is 16.3. The van der Waals surface area contributed by atoms with Gasteiger partial charge in [-0.15, -0.1) is 11.6 Å². The quantitative estimate of drug-likeness (QED) is 0.0274. The van der Waals surface area contributed by atoms with E-state index in [0.717, 1.165) is 154 Å². The van der Waals surface area contributed by atoms with Gasteiger partial charge >= 0.3 is 12.2 Å². The van der Waals surface area contributed by atoms with E-state index in [-0.39, 0.29) is 43.1 Å². The smallest absolute Gasteiger partial charge is 0.416 e. The standard InChI is InChI=1S/C28H25Cl2N3O2.C28H27ClN6O3.C23H23ClN4O.C20H20Cl2N2O/c29-19-5-10-22(11-6-19)35-28(34)33-16-13-23-24-17-20(30)7-12-25(24)31-26(23)27(33)18-3-8-21(9-4-18)32-14-1-2-15-32;29-21-4-7-25-24(16-21)23-8-12-35(28(36)38-19-34-14-10-31-18-34)27(26(23)32-25)20-2-5-22(6-3-20)37-15-1-11-33-13-9-30-17-33;24-17-4-7-21-20(14-17)19-8-9-26-22(23(19)27-21)16-2-5-18(6-3-16)29-13-1-11-28-12-10-25-15-28;21-9-1-11-25-15-5-2-13(3-6-15)19-20-16(8-10-23-19)17-12-14(22)4-7-18(17)24-20/h3-12,17,27,31H,1-2,13-16H2;2-7,9-10,13-14,16-18,27,32H,1,8,11-12,15,19H2;2-7,10,12,14-15,22,26-27H,1,8-9,11,13H2;2-7,12,19,23-24H,1,8-11H2. The first-order chi connectivity index (χ1) is 62.3. The number of benzene rings is 9. The average Bonchev–Trinajstić information content (AvgIpc) is 1.51. The third-order valence-electron chi connectivity index (χ3n) is 24.0. The molecule has 21 rings (SSSR count). The van der Waals surface area contributed by atoms with E-state index in [9.17, 15) is 9.59 Å². The van der Waals surface area contributed by atoms with Crippen LogP contribution < -0.4 is 34.5 Å². The van der Waals surface area contributed by atoms with Gasteiger partial charge in [-0.25, -0.2) is 24.5 Å². The van der Waals surface area contributed by atoms with E-state index < -0.39 is 0 Å². The van der Waals surface area contributed by atoms with Crippen LogP contribution in [-0.2, 0) is 50.2 Å². The van der Waals surface area contributed by atoms with Crippen molar-refractivity contribution < 1.29 is 33.3 Å². The topological polar surface area (TPSA) is 231 Å². The van der Waals surface area contributed by atoms with E-state index in [1.165, 1.54) is 74.1 Å². The van der Waals surface area contributed by atoms with Gasteiger partial charge in [0.05, 0.1) is 50.9 Å². The lowest BCUT2D eigenvalue weighted by Crippen LogP contribution is -2.42. The van der Waals surface area contributed by atoms with Crippen molar-refractivity contribution in [2.75, 3.05) is 69.9 Å². The van der Waals surface area contributed by atoms with Crippen LogP contribution in [0.3, 0.4) is 0 Å². The predicted molar refractivity (Wildman–Crippen MR) is 504 cm³/mol. The second kappa shape index (κ2) is 40.0. The average molecular weight is 1820 g/mol. The zero-order chi connectivity index (χ0) is 86.7. The third kappa shape index (κ3) is 20.0. The molecule has 0 aliphatic carbocycles. The Morgan fingerprint density at radius 2 is 0.756 bits per heavy atom. The highest BCUT2D eigenvalue weighted by atomic mass is 35.5. The van der Waals surface area contributed by atoms with Crippen LogP contribution in [0.15, 0.2) is 250 Å². The second-order valence-corrected chi connectivity index (χ2v) is 34.7. The summed E-state index contributed by atoms with van der Waals surface area (Å²) in [6, 6.07) is 63.6. The summed E-state index contributed by atoms with van der Waals surface area (Å²) in [6.45, 7) is 8.94. The summed E-state index contributed by atoms with van der Waals surface area (Å²) in [6.07, 6.45) is 23.9. The van der Waals surface area contributed by atoms with Crippen LogP contribution >= 0.6 is 69.6 Å². The zero-order valence-corrected chi connectivity index (χ0v) is 74.2. The van der Waals surface area contributed by atoms with Crippen molar-refractivity contribution in [2.24, 2.45) is 0 Å². The Balaban J connectivity index is 0.000000116. The summed E-state index contributed by atoms with van der Waals surface area (Å²) >= 11 is 36.7. The van der Waals surface area contributed by atoms with E-state index in [4.69, 9.17) is 93.3 Å². The number of hydrogen-bond donors (Lipinski definition) is 6. The Kier molecular flexibility index (Phi) is 27.1. The van der Waals surface area contributed by atoms with Crippen LogP contribution in [0.4, 0.5) is 15.3 Å². The van der Waals surface area contributed by atoms with Gasteiger partial charge < -0.3 is 72.9 Å². The number of amides is 2. The van der Waals surface area contributed by atoms with Crippen molar-refractivity contribution in [3.05, 3.63) is 343 Å². The first-order valence-electron chi connectivity index (χ1n) is 43.1. The summed E-state index contributed by atoms with van der Waals surface area (Å²) in [5, 5.41) is 15.5.